The Labute approximate surface area is 121 Å². The van der Waals surface area contributed by atoms with E-state index < -0.39 is 0 Å². The molecule has 1 rings (SSSR count). The lowest BCUT2D eigenvalue weighted by molar-refractivity contribution is 0.0654. The van der Waals surface area contributed by atoms with Gasteiger partial charge in [0.25, 0.3) is 0 Å². The van der Waals surface area contributed by atoms with E-state index in [-0.39, 0.29) is 6.10 Å². The molecule has 1 unspecified atom stereocenters. The second-order valence-corrected chi connectivity index (χ2v) is 6.17. The third-order valence-corrected chi connectivity index (χ3v) is 3.69. The van der Waals surface area contributed by atoms with Crippen molar-refractivity contribution in [1.29, 1.82) is 0 Å². The van der Waals surface area contributed by atoms with Gasteiger partial charge >= 0.3 is 0 Å². The molecule has 1 atom stereocenters. The van der Waals surface area contributed by atoms with Gasteiger partial charge in [0.1, 0.15) is 0 Å². The predicted molar refractivity (Wildman–Crippen MR) is 80.7 cm³/mol. The van der Waals surface area contributed by atoms with Gasteiger partial charge in [-0.1, -0.05) is 57.8 Å². The molecule has 0 N–H and O–H groups in total. The van der Waals surface area contributed by atoms with E-state index in [1.54, 1.807) is 0 Å². The van der Waals surface area contributed by atoms with E-state index in [0.29, 0.717) is 0 Å². The zero-order valence-electron chi connectivity index (χ0n) is 10.5. The Morgan fingerprint density at radius 3 is 2.65 bits per heavy atom. The zero-order chi connectivity index (χ0) is 12.7. The molecule has 3 heteroatoms. The van der Waals surface area contributed by atoms with E-state index >= 15 is 0 Å². The Kier molecular flexibility index (Phi) is 7.40. The smallest absolute Gasteiger partial charge is 0.0922 e. The van der Waals surface area contributed by atoms with E-state index in [4.69, 9.17) is 4.74 Å². The first kappa shape index (κ1) is 15.2. The summed E-state index contributed by atoms with van der Waals surface area (Å²) in [5, 5.41) is 0.838. The molecule has 1 aromatic carbocycles. The Hall–Kier alpha value is 0.140. The minimum absolute atomic E-state index is 0.152. The van der Waals surface area contributed by atoms with Crippen LogP contribution in [-0.2, 0) is 4.74 Å². The van der Waals surface area contributed by atoms with Crippen LogP contribution in [0.2, 0.25) is 0 Å². The molecule has 0 amide bonds. The summed E-state index contributed by atoms with van der Waals surface area (Å²) in [6.45, 7) is 5.33. The monoisotopic (exact) mass is 362 g/mol. The normalized spacial score (nSPS) is 13.0. The Balaban J connectivity index is 2.43. The Bertz CT molecular complexity index is 326. The van der Waals surface area contributed by atoms with E-state index in [2.05, 4.69) is 57.8 Å². The van der Waals surface area contributed by atoms with Crippen LogP contribution in [0.15, 0.2) is 28.7 Å². The second kappa shape index (κ2) is 8.28. The molecule has 17 heavy (non-hydrogen) atoms. The fourth-order valence-corrected chi connectivity index (χ4v) is 2.63. The van der Waals surface area contributed by atoms with Crippen molar-refractivity contribution in [3.05, 3.63) is 34.3 Å². The van der Waals surface area contributed by atoms with E-state index in [0.717, 1.165) is 28.7 Å². The van der Waals surface area contributed by atoms with Crippen molar-refractivity contribution in [2.24, 2.45) is 5.92 Å². The lowest BCUT2D eigenvalue weighted by Crippen LogP contribution is -2.07. The summed E-state index contributed by atoms with van der Waals surface area (Å²) in [5.74, 6) is 0.756. The number of rotatable bonds is 7. The molecule has 0 saturated carbocycles. The van der Waals surface area contributed by atoms with Gasteiger partial charge in [0.2, 0.25) is 0 Å². The Morgan fingerprint density at radius 2 is 2.06 bits per heavy atom. The van der Waals surface area contributed by atoms with Gasteiger partial charge in [0, 0.05) is 16.4 Å². The van der Waals surface area contributed by atoms with Crippen molar-refractivity contribution >= 4 is 31.9 Å². The van der Waals surface area contributed by atoms with Crippen LogP contribution >= 0.6 is 31.9 Å². The van der Waals surface area contributed by atoms with Crippen LogP contribution in [0.4, 0.5) is 0 Å². The first-order chi connectivity index (χ1) is 8.13. The van der Waals surface area contributed by atoms with Gasteiger partial charge in [-0.15, -0.1) is 0 Å². The highest BCUT2D eigenvalue weighted by atomic mass is 79.9. The van der Waals surface area contributed by atoms with Gasteiger partial charge in [-0.3, -0.25) is 0 Å². The molecule has 1 aromatic rings. The molecule has 0 aliphatic carbocycles. The molecule has 0 radical (unpaired) electrons. The molecule has 0 spiro atoms. The zero-order valence-corrected chi connectivity index (χ0v) is 13.6. The summed E-state index contributed by atoms with van der Waals surface area (Å²) in [6, 6.07) is 8.31. The minimum Gasteiger partial charge on any atom is -0.373 e. The molecule has 0 saturated heterocycles. The summed E-state index contributed by atoms with van der Waals surface area (Å²) in [5.41, 5.74) is 1.22. The molecule has 0 aromatic heterocycles. The van der Waals surface area contributed by atoms with Crippen molar-refractivity contribution in [2.45, 2.75) is 32.8 Å². The number of hydrogen-bond donors (Lipinski definition) is 0. The summed E-state index contributed by atoms with van der Waals surface area (Å²) in [4.78, 5) is 0. The summed E-state index contributed by atoms with van der Waals surface area (Å²) < 4.78 is 7.02. The molecule has 0 heterocycles. The van der Waals surface area contributed by atoms with Crippen LogP contribution in [0.1, 0.15) is 38.4 Å². The second-order valence-electron chi connectivity index (χ2n) is 4.60. The van der Waals surface area contributed by atoms with Gasteiger partial charge in [-0.05, 0) is 36.5 Å². The molecule has 0 fully saturated rings. The molecule has 1 nitrogen and oxygen atoms in total. The minimum atomic E-state index is 0.152. The quantitative estimate of drug-likeness (QED) is 0.469. The number of benzene rings is 1. The molecule has 0 aliphatic heterocycles. The van der Waals surface area contributed by atoms with Gasteiger partial charge in [0.05, 0.1) is 6.10 Å². The standard InChI is InChI=1S/C14H20Br2O/c1-11(2)5-4-8-17-14(10-15)12-6-3-7-13(16)9-12/h3,6-7,9,11,14H,4-5,8,10H2,1-2H3. The molecule has 0 bridgehead atoms. The van der Waals surface area contributed by atoms with Crippen molar-refractivity contribution in [3.8, 4) is 0 Å². The maximum atomic E-state index is 5.92. The number of alkyl halides is 1. The molecular weight excluding hydrogens is 344 g/mol. The van der Waals surface area contributed by atoms with Crippen molar-refractivity contribution in [1.82, 2.24) is 0 Å². The van der Waals surface area contributed by atoms with Gasteiger partial charge < -0.3 is 4.74 Å². The maximum Gasteiger partial charge on any atom is 0.0922 e. The van der Waals surface area contributed by atoms with Gasteiger partial charge in [-0.2, -0.15) is 0 Å². The molecular formula is C14H20Br2O. The van der Waals surface area contributed by atoms with Crippen LogP contribution < -0.4 is 0 Å². The largest absolute Gasteiger partial charge is 0.373 e. The predicted octanol–water partition coefficient (Wildman–Crippen LogP) is 5.34. The topological polar surface area (TPSA) is 9.23 Å². The third-order valence-electron chi connectivity index (χ3n) is 2.61. The van der Waals surface area contributed by atoms with Crippen LogP contribution in [0.5, 0.6) is 0 Å². The van der Waals surface area contributed by atoms with Crippen LogP contribution in [0, 0.1) is 5.92 Å². The van der Waals surface area contributed by atoms with E-state index in [1.807, 2.05) is 12.1 Å². The number of hydrogen-bond acceptors (Lipinski definition) is 1. The highest BCUT2D eigenvalue weighted by Crippen LogP contribution is 2.23. The highest BCUT2D eigenvalue weighted by Gasteiger charge is 2.10. The summed E-state index contributed by atoms with van der Waals surface area (Å²) in [6.07, 6.45) is 2.52. The molecule has 96 valence electrons. The number of halogens is 2. The van der Waals surface area contributed by atoms with Gasteiger partial charge in [-0.25, -0.2) is 0 Å². The molecule has 0 aliphatic rings. The van der Waals surface area contributed by atoms with Crippen molar-refractivity contribution < 1.29 is 4.74 Å². The highest BCUT2D eigenvalue weighted by molar-refractivity contribution is 9.10. The maximum absolute atomic E-state index is 5.92. The van der Waals surface area contributed by atoms with Crippen LogP contribution in [-0.4, -0.2) is 11.9 Å². The van der Waals surface area contributed by atoms with Crippen LogP contribution in [0.25, 0.3) is 0 Å². The fourth-order valence-electron chi connectivity index (χ4n) is 1.65. The average molecular weight is 364 g/mol. The van der Waals surface area contributed by atoms with Crippen LogP contribution in [0.3, 0.4) is 0 Å². The van der Waals surface area contributed by atoms with Crippen molar-refractivity contribution in [2.75, 3.05) is 11.9 Å². The number of ether oxygens (including phenoxy) is 1. The fraction of sp³-hybridized carbons (Fsp3) is 0.571. The Morgan fingerprint density at radius 1 is 1.29 bits per heavy atom. The average Bonchev–Trinajstić information content (AvgIpc) is 2.29. The summed E-state index contributed by atoms with van der Waals surface area (Å²) in [7, 11) is 0. The first-order valence-corrected chi connectivity index (χ1v) is 7.98. The van der Waals surface area contributed by atoms with E-state index in [1.165, 1.54) is 12.0 Å². The lowest BCUT2D eigenvalue weighted by Gasteiger charge is -2.16. The lowest BCUT2D eigenvalue weighted by atomic mass is 10.1. The SMILES string of the molecule is CC(C)CCCOC(CBr)c1cccc(Br)c1. The van der Waals surface area contributed by atoms with Gasteiger partial charge in [0.15, 0.2) is 0 Å². The summed E-state index contributed by atoms with van der Waals surface area (Å²) >= 11 is 7.01. The first-order valence-electron chi connectivity index (χ1n) is 6.06. The van der Waals surface area contributed by atoms with E-state index in [9.17, 15) is 0 Å². The van der Waals surface area contributed by atoms with Crippen molar-refractivity contribution in [3.63, 3.8) is 0 Å². The third kappa shape index (κ3) is 6.03.